The van der Waals surface area contributed by atoms with Crippen molar-refractivity contribution in [1.82, 2.24) is 23.1 Å². The van der Waals surface area contributed by atoms with Crippen LogP contribution in [0.1, 0.15) is 19.0 Å². The minimum atomic E-state index is -0.370. The average Bonchev–Trinajstić information content (AvgIpc) is 3.11. The van der Waals surface area contributed by atoms with Crippen LogP contribution in [0.3, 0.4) is 0 Å². The summed E-state index contributed by atoms with van der Waals surface area (Å²) < 4.78 is 6.20. The van der Waals surface area contributed by atoms with E-state index in [1.807, 2.05) is 30.7 Å². The van der Waals surface area contributed by atoms with Gasteiger partial charge in [0, 0.05) is 31.5 Å². The van der Waals surface area contributed by atoms with Gasteiger partial charge in [-0.3, -0.25) is 22.9 Å². The van der Waals surface area contributed by atoms with Crippen molar-refractivity contribution in [3.8, 4) is 11.4 Å². The number of nitrogens with zero attached hydrogens (tertiary/aromatic N) is 5. The Hall–Kier alpha value is -3.29. The predicted octanol–water partition coefficient (Wildman–Crippen LogP) is 1.56. The van der Waals surface area contributed by atoms with Crippen molar-refractivity contribution in [2.24, 2.45) is 7.05 Å². The molecule has 0 saturated heterocycles. The van der Waals surface area contributed by atoms with Crippen LogP contribution in [0.4, 0.5) is 0 Å². The first kappa shape index (κ1) is 16.2. The summed E-state index contributed by atoms with van der Waals surface area (Å²) in [6.07, 6.45) is 2.50. The van der Waals surface area contributed by atoms with E-state index in [1.54, 1.807) is 29.6 Å². The number of rotatable bonds is 3. The lowest BCUT2D eigenvalue weighted by Gasteiger charge is -2.06. The van der Waals surface area contributed by atoms with E-state index in [-0.39, 0.29) is 17.0 Å². The maximum Gasteiger partial charge on any atom is 0.332 e. The van der Waals surface area contributed by atoms with Crippen molar-refractivity contribution in [2.75, 3.05) is 0 Å². The van der Waals surface area contributed by atoms with Gasteiger partial charge in [0.1, 0.15) is 5.75 Å². The highest BCUT2D eigenvalue weighted by molar-refractivity contribution is 5.76. The molecular formula is C18H19N5O3. The lowest BCUT2D eigenvalue weighted by Crippen LogP contribution is -2.39. The molecule has 0 radical (unpaired) electrons. The molecule has 134 valence electrons. The van der Waals surface area contributed by atoms with Gasteiger partial charge in [0.15, 0.2) is 11.2 Å². The number of imidazole rings is 2. The molecule has 0 unspecified atom stereocenters. The molecule has 0 atom stereocenters. The van der Waals surface area contributed by atoms with Crippen molar-refractivity contribution in [1.29, 1.82) is 0 Å². The monoisotopic (exact) mass is 353 g/mol. The number of aromatic nitrogens is 5. The number of phenols is 1. The third-order valence-electron chi connectivity index (χ3n) is 4.56. The zero-order chi connectivity index (χ0) is 18.6. The second-order valence-electron chi connectivity index (χ2n) is 6.38. The summed E-state index contributed by atoms with van der Waals surface area (Å²) in [6, 6.07) is 6.81. The Morgan fingerprint density at radius 1 is 1.23 bits per heavy atom. The Kier molecular flexibility index (Phi) is 3.50. The topological polar surface area (TPSA) is 86.5 Å². The van der Waals surface area contributed by atoms with Crippen LogP contribution in [0.2, 0.25) is 0 Å². The van der Waals surface area contributed by atoms with Crippen LogP contribution in [0.5, 0.6) is 5.75 Å². The molecule has 0 bridgehead atoms. The number of aryl methyl sites for hydroxylation is 2. The molecule has 0 aliphatic heterocycles. The summed E-state index contributed by atoms with van der Waals surface area (Å²) >= 11 is 0. The number of benzene rings is 1. The number of aromatic hydroxyl groups is 1. The molecule has 3 heterocycles. The van der Waals surface area contributed by atoms with Gasteiger partial charge in [-0.05, 0) is 25.5 Å². The molecule has 4 aromatic rings. The van der Waals surface area contributed by atoms with Gasteiger partial charge in [-0.25, -0.2) is 4.79 Å². The fraction of sp³-hybridized carbons (Fsp3) is 0.278. The molecule has 3 aromatic heterocycles. The first-order valence-electron chi connectivity index (χ1n) is 8.43. The molecule has 4 rings (SSSR count). The smallest absolute Gasteiger partial charge is 0.332 e. The van der Waals surface area contributed by atoms with Gasteiger partial charge < -0.3 is 5.11 Å². The Morgan fingerprint density at radius 3 is 2.69 bits per heavy atom. The fourth-order valence-corrected chi connectivity index (χ4v) is 3.38. The Labute approximate surface area is 148 Å². The molecule has 1 aromatic carbocycles. The van der Waals surface area contributed by atoms with Crippen molar-refractivity contribution in [3.05, 3.63) is 57.0 Å². The van der Waals surface area contributed by atoms with Crippen LogP contribution in [0.15, 0.2) is 40.1 Å². The summed E-state index contributed by atoms with van der Waals surface area (Å²) in [4.78, 5) is 30.0. The number of fused-ring (bicyclic) bond motifs is 3. The quantitative estimate of drug-likeness (QED) is 0.606. The predicted molar refractivity (Wildman–Crippen MR) is 98.2 cm³/mol. The SMILES string of the molecule is CCCn1c(=O)c2c(nc3n(-c4cccc(O)c4)c(C)cn23)n(C)c1=O. The molecule has 8 nitrogen and oxygen atoms in total. The highest BCUT2D eigenvalue weighted by Crippen LogP contribution is 2.23. The molecule has 26 heavy (non-hydrogen) atoms. The van der Waals surface area contributed by atoms with E-state index in [0.717, 1.165) is 11.4 Å². The van der Waals surface area contributed by atoms with Crippen LogP contribution < -0.4 is 11.2 Å². The van der Waals surface area contributed by atoms with E-state index in [0.29, 0.717) is 29.9 Å². The lowest BCUT2D eigenvalue weighted by atomic mass is 10.3. The number of hydrogen-bond donors (Lipinski definition) is 1. The van der Waals surface area contributed by atoms with Crippen molar-refractivity contribution >= 4 is 16.9 Å². The van der Waals surface area contributed by atoms with Crippen LogP contribution in [0.25, 0.3) is 22.6 Å². The van der Waals surface area contributed by atoms with E-state index in [2.05, 4.69) is 4.98 Å². The average molecular weight is 353 g/mol. The number of hydrogen-bond acceptors (Lipinski definition) is 4. The van der Waals surface area contributed by atoms with Crippen molar-refractivity contribution in [3.63, 3.8) is 0 Å². The highest BCUT2D eigenvalue weighted by Gasteiger charge is 2.20. The molecular weight excluding hydrogens is 334 g/mol. The maximum atomic E-state index is 12.9. The summed E-state index contributed by atoms with van der Waals surface area (Å²) in [6.45, 7) is 4.18. The molecule has 1 N–H and O–H groups in total. The summed E-state index contributed by atoms with van der Waals surface area (Å²) in [5.74, 6) is 0.659. The first-order chi connectivity index (χ1) is 12.4. The lowest BCUT2D eigenvalue weighted by molar-refractivity contribution is 0.475. The Morgan fingerprint density at radius 2 is 2.00 bits per heavy atom. The molecule has 0 amide bonds. The van der Waals surface area contributed by atoms with Gasteiger partial charge in [-0.15, -0.1) is 0 Å². The van der Waals surface area contributed by atoms with E-state index in [9.17, 15) is 14.7 Å². The fourth-order valence-electron chi connectivity index (χ4n) is 3.38. The second-order valence-corrected chi connectivity index (χ2v) is 6.38. The van der Waals surface area contributed by atoms with E-state index in [4.69, 9.17) is 0 Å². The summed E-state index contributed by atoms with van der Waals surface area (Å²) in [5, 5.41) is 9.80. The van der Waals surface area contributed by atoms with Gasteiger partial charge in [0.2, 0.25) is 5.78 Å². The van der Waals surface area contributed by atoms with E-state index < -0.39 is 0 Å². The van der Waals surface area contributed by atoms with E-state index in [1.165, 1.54) is 9.13 Å². The summed E-state index contributed by atoms with van der Waals surface area (Å²) in [5.41, 5.74) is 1.59. The minimum absolute atomic E-state index is 0.141. The van der Waals surface area contributed by atoms with Crippen LogP contribution in [-0.4, -0.2) is 28.2 Å². The molecule has 0 aliphatic rings. The van der Waals surface area contributed by atoms with Crippen LogP contribution >= 0.6 is 0 Å². The molecule has 0 spiro atoms. The number of phenolic OH excluding ortho intramolecular Hbond substituents is 1. The molecule has 0 saturated carbocycles. The molecule has 0 fully saturated rings. The zero-order valence-electron chi connectivity index (χ0n) is 14.8. The van der Waals surface area contributed by atoms with Gasteiger partial charge in [0.05, 0.1) is 5.69 Å². The molecule has 8 heteroatoms. The standard InChI is InChI=1S/C18H19N5O3/c1-4-8-21-16(25)14-15(20(3)18(21)26)19-17-22(14)10-11(2)23(17)12-6-5-7-13(24)9-12/h5-7,9-10,24H,4,8H2,1-3H3. The maximum absolute atomic E-state index is 12.9. The summed E-state index contributed by atoms with van der Waals surface area (Å²) in [7, 11) is 1.62. The van der Waals surface area contributed by atoms with Crippen LogP contribution in [0, 0.1) is 6.92 Å². The zero-order valence-corrected chi connectivity index (χ0v) is 14.8. The minimum Gasteiger partial charge on any atom is -0.508 e. The molecule has 0 aliphatic carbocycles. The normalized spacial score (nSPS) is 11.7. The Bertz CT molecular complexity index is 1270. The Balaban J connectivity index is 2.15. The van der Waals surface area contributed by atoms with Crippen LogP contribution in [-0.2, 0) is 13.6 Å². The van der Waals surface area contributed by atoms with Crippen molar-refractivity contribution < 1.29 is 5.11 Å². The largest absolute Gasteiger partial charge is 0.508 e. The highest BCUT2D eigenvalue weighted by atomic mass is 16.3. The van der Waals surface area contributed by atoms with Gasteiger partial charge in [-0.1, -0.05) is 13.0 Å². The second kappa shape index (κ2) is 5.62. The first-order valence-corrected chi connectivity index (χ1v) is 8.43. The third kappa shape index (κ3) is 2.11. The van der Waals surface area contributed by atoms with E-state index >= 15 is 0 Å². The van der Waals surface area contributed by atoms with Crippen molar-refractivity contribution in [2.45, 2.75) is 26.8 Å². The van der Waals surface area contributed by atoms with Gasteiger partial charge in [-0.2, -0.15) is 4.98 Å². The van der Waals surface area contributed by atoms with Gasteiger partial charge in [0.25, 0.3) is 5.56 Å². The third-order valence-corrected chi connectivity index (χ3v) is 4.56. The van der Waals surface area contributed by atoms with Gasteiger partial charge >= 0.3 is 5.69 Å².